The number of likely N-dealkylation sites (N-methyl/N-ethyl adjacent to an activating group) is 1. The number of fused-ring (bicyclic) bond motifs is 1. The van der Waals surface area contributed by atoms with E-state index in [0.29, 0.717) is 5.92 Å². The normalized spacial score (nSPS) is 18.4. The highest BCUT2D eigenvalue weighted by molar-refractivity contribution is 5.82. The number of aromatic nitrogens is 1. The second-order valence-corrected chi connectivity index (χ2v) is 5.22. The smallest absolute Gasteiger partial charge is 0.0794 e. The highest BCUT2D eigenvalue weighted by Crippen LogP contribution is 2.40. The Kier molecular flexibility index (Phi) is 3.49. The molecular weight excluding hydrogens is 236 g/mol. The lowest BCUT2D eigenvalue weighted by atomic mass is 9.94. The van der Waals surface area contributed by atoms with Crippen molar-refractivity contribution in [2.45, 2.75) is 25.0 Å². The third-order valence-electron chi connectivity index (χ3n) is 4.01. The van der Waals surface area contributed by atoms with Gasteiger partial charge in [0.25, 0.3) is 0 Å². The van der Waals surface area contributed by atoms with Crippen LogP contribution in [0.5, 0.6) is 0 Å². The minimum Gasteiger partial charge on any atom is -0.379 e. The number of hydrogen-bond donors (Lipinski definition) is 1. The van der Waals surface area contributed by atoms with Gasteiger partial charge in [0.05, 0.1) is 17.7 Å². The quantitative estimate of drug-likeness (QED) is 0.893. The Morgan fingerprint density at radius 1 is 1.26 bits per heavy atom. The van der Waals surface area contributed by atoms with Crippen LogP contribution in [0.25, 0.3) is 10.9 Å². The summed E-state index contributed by atoms with van der Waals surface area (Å²) in [6.45, 7) is 0. The molecule has 1 aliphatic carbocycles. The van der Waals surface area contributed by atoms with E-state index in [9.17, 15) is 0 Å². The summed E-state index contributed by atoms with van der Waals surface area (Å²) < 4.78 is 5.75. The van der Waals surface area contributed by atoms with Crippen LogP contribution < -0.4 is 5.32 Å². The summed E-state index contributed by atoms with van der Waals surface area (Å²) in [6, 6.07) is 10.7. The Labute approximate surface area is 114 Å². The van der Waals surface area contributed by atoms with Gasteiger partial charge in [0, 0.05) is 18.7 Å². The van der Waals surface area contributed by atoms with Crippen LogP contribution in [0, 0.1) is 5.92 Å². The predicted molar refractivity (Wildman–Crippen MR) is 77.1 cm³/mol. The van der Waals surface area contributed by atoms with Crippen molar-refractivity contribution in [2.75, 3.05) is 14.2 Å². The molecule has 100 valence electrons. The number of methoxy groups -OCH3 is 1. The van der Waals surface area contributed by atoms with E-state index in [1.54, 1.807) is 0 Å². The molecule has 0 aliphatic heterocycles. The second-order valence-electron chi connectivity index (χ2n) is 5.22. The van der Waals surface area contributed by atoms with Gasteiger partial charge in [0.15, 0.2) is 0 Å². The zero-order valence-corrected chi connectivity index (χ0v) is 11.5. The Hall–Kier alpha value is -1.45. The summed E-state index contributed by atoms with van der Waals surface area (Å²) in [5.41, 5.74) is 2.33. The number of benzene rings is 1. The van der Waals surface area contributed by atoms with Crippen molar-refractivity contribution in [2.24, 2.45) is 5.92 Å². The SMILES string of the molecule is CNC(c1cccc2ncccc12)C(OC)C1CC1. The van der Waals surface area contributed by atoms with Crippen LogP contribution in [0.3, 0.4) is 0 Å². The molecule has 1 aromatic carbocycles. The fraction of sp³-hybridized carbons (Fsp3) is 0.438. The molecule has 3 rings (SSSR count). The average molecular weight is 256 g/mol. The van der Waals surface area contributed by atoms with Crippen molar-refractivity contribution < 1.29 is 4.74 Å². The van der Waals surface area contributed by atoms with Crippen LogP contribution in [0.4, 0.5) is 0 Å². The first kappa shape index (κ1) is 12.6. The molecule has 1 aliphatic rings. The van der Waals surface area contributed by atoms with Gasteiger partial charge in [-0.15, -0.1) is 0 Å². The molecule has 1 aromatic heterocycles. The Balaban J connectivity index is 2.05. The Bertz CT molecular complexity index is 560. The van der Waals surface area contributed by atoms with Gasteiger partial charge in [-0.3, -0.25) is 4.98 Å². The van der Waals surface area contributed by atoms with E-state index in [1.165, 1.54) is 23.8 Å². The summed E-state index contributed by atoms with van der Waals surface area (Å²) >= 11 is 0. The topological polar surface area (TPSA) is 34.2 Å². The van der Waals surface area contributed by atoms with Crippen molar-refractivity contribution >= 4 is 10.9 Å². The fourth-order valence-electron chi connectivity index (χ4n) is 2.92. The zero-order valence-electron chi connectivity index (χ0n) is 11.5. The van der Waals surface area contributed by atoms with Crippen molar-refractivity contribution in [3.63, 3.8) is 0 Å². The first-order valence-corrected chi connectivity index (χ1v) is 6.89. The number of hydrogen-bond acceptors (Lipinski definition) is 3. The van der Waals surface area contributed by atoms with Crippen LogP contribution in [-0.4, -0.2) is 25.2 Å². The van der Waals surface area contributed by atoms with Gasteiger partial charge in [-0.2, -0.15) is 0 Å². The van der Waals surface area contributed by atoms with Gasteiger partial charge < -0.3 is 10.1 Å². The number of nitrogens with zero attached hydrogens (tertiary/aromatic N) is 1. The maximum absolute atomic E-state index is 5.75. The molecule has 0 saturated heterocycles. The van der Waals surface area contributed by atoms with E-state index in [0.717, 1.165) is 5.52 Å². The maximum Gasteiger partial charge on any atom is 0.0794 e. The second kappa shape index (κ2) is 5.27. The van der Waals surface area contributed by atoms with Crippen LogP contribution in [0.2, 0.25) is 0 Å². The van der Waals surface area contributed by atoms with Gasteiger partial charge >= 0.3 is 0 Å². The molecule has 1 heterocycles. The molecule has 2 aromatic rings. The van der Waals surface area contributed by atoms with E-state index in [1.807, 2.05) is 26.4 Å². The van der Waals surface area contributed by atoms with Crippen LogP contribution in [0.15, 0.2) is 36.5 Å². The van der Waals surface area contributed by atoms with Gasteiger partial charge in [-0.25, -0.2) is 0 Å². The van der Waals surface area contributed by atoms with Gasteiger partial charge in [0.2, 0.25) is 0 Å². The van der Waals surface area contributed by atoms with Crippen LogP contribution in [-0.2, 0) is 4.74 Å². The lowest BCUT2D eigenvalue weighted by molar-refractivity contribution is 0.0534. The number of pyridine rings is 1. The number of nitrogens with one attached hydrogen (secondary N) is 1. The van der Waals surface area contributed by atoms with E-state index in [2.05, 4.69) is 34.6 Å². The first-order valence-electron chi connectivity index (χ1n) is 6.89. The molecule has 19 heavy (non-hydrogen) atoms. The molecule has 0 spiro atoms. The van der Waals surface area contributed by atoms with Gasteiger partial charge in [0.1, 0.15) is 0 Å². The maximum atomic E-state index is 5.75. The highest BCUT2D eigenvalue weighted by Gasteiger charge is 2.37. The number of ether oxygens (including phenoxy) is 1. The molecule has 2 unspecified atom stereocenters. The minimum atomic E-state index is 0.227. The summed E-state index contributed by atoms with van der Waals surface area (Å²) in [5, 5.41) is 4.64. The molecule has 2 atom stereocenters. The largest absolute Gasteiger partial charge is 0.379 e. The minimum absolute atomic E-state index is 0.227. The standard InChI is InChI=1S/C16H20N2O/c1-17-15(16(19-2)11-8-9-11)13-5-3-7-14-12(13)6-4-10-18-14/h3-7,10-11,15-17H,8-9H2,1-2H3. The summed E-state index contributed by atoms with van der Waals surface area (Å²) in [5.74, 6) is 0.689. The van der Waals surface area contributed by atoms with Crippen molar-refractivity contribution in [1.82, 2.24) is 10.3 Å². The van der Waals surface area contributed by atoms with E-state index in [-0.39, 0.29) is 12.1 Å². The van der Waals surface area contributed by atoms with Crippen molar-refractivity contribution in [3.05, 3.63) is 42.1 Å². The molecule has 1 saturated carbocycles. The molecule has 1 fully saturated rings. The van der Waals surface area contributed by atoms with Gasteiger partial charge in [-0.05, 0) is 43.5 Å². The third-order valence-corrected chi connectivity index (χ3v) is 4.01. The Morgan fingerprint density at radius 3 is 2.79 bits per heavy atom. The summed E-state index contributed by atoms with van der Waals surface area (Å²) in [4.78, 5) is 4.44. The molecule has 3 heteroatoms. The number of rotatable bonds is 5. The highest BCUT2D eigenvalue weighted by atomic mass is 16.5. The summed E-state index contributed by atoms with van der Waals surface area (Å²) in [7, 11) is 3.82. The molecule has 0 radical (unpaired) electrons. The van der Waals surface area contributed by atoms with Crippen molar-refractivity contribution in [1.29, 1.82) is 0 Å². The monoisotopic (exact) mass is 256 g/mol. The molecular formula is C16H20N2O. The molecule has 0 amide bonds. The molecule has 0 bridgehead atoms. The van der Waals surface area contributed by atoms with E-state index in [4.69, 9.17) is 4.74 Å². The van der Waals surface area contributed by atoms with Gasteiger partial charge in [-0.1, -0.05) is 18.2 Å². The van der Waals surface area contributed by atoms with Crippen LogP contribution >= 0.6 is 0 Å². The summed E-state index contributed by atoms with van der Waals surface area (Å²) in [6.07, 6.45) is 4.64. The van der Waals surface area contributed by atoms with Crippen LogP contribution in [0.1, 0.15) is 24.4 Å². The zero-order chi connectivity index (χ0) is 13.2. The molecule has 1 N–H and O–H groups in total. The van der Waals surface area contributed by atoms with Crippen molar-refractivity contribution in [3.8, 4) is 0 Å². The lowest BCUT2D eigenvalue weighted by Gasteiger charge is -2.27. The average Bonchev–Trinajstić information content (AvgIpc) is 3.29. The predicted octanol–water partition coefficient (Wildman–Crippen LogP) is 2.92. The lowest BCUT2D eigenvalue weighted by Crippen LogP contribution is -2.32. The Morgan fingerprint density at radius 2 is 2.11 bits per heavy atom. The van der Waals surface area contributed by atoms with E-state index >= 15 is 0 Å². The first-order chi connectivity index (χ1) is 9.35. The fourth-order valence-corrected chi connectivity index (χ4v) is 2.92. The third kappa shape index (κ3) is 2.36. The molecule has 3 nitrogen and oxygen atoms in total. The van der Waals surface area contributed by atoms with E-state index < -0.39 is 0 Å².